The van der Waals surface area contributed by atoms with Gasteiger partial charge in [-0.15, -0.1) is 0 Å². The van der Waals surface area contributed by atoms with E-state index >= 15 is 0 Å². The van der Waals surface area contributed by atoms with Gasteiger partial charge < -0.3 is 5.73 Å². The normalized spacial score (nSPS) is 25.6. The Morgan fingerprint density at radius 1 is 1.32 bits per heavy atom. The summed E-state index contributed by atoms with van der Waals surface area (Å²) >= 11 is 0. The van der Waals surface area contributed by atoms with Crippen molar-refractivity contribution in [2.24, 2.45) is 5.73 Å². The smallest absolute Gasteiger partial charge is 0.326 e. The van der Waals surface area contributed by atoms with Gasteiger partial charge in [0.05, 0.1) is 11.6 Å². The molecule has 0 spiro atoms. The number of likely N-dealkylation sites (tertiary alicyclic amines) is 1. The Hall–Kier alpha value is -1.14. The Bertz CT molecular complexity index is 448. The van der Waals surface area contributed by atoms with Crippen LogP contribution < -0.4 is 5.73 Å². The maximum Gasteiger partial charge on any atom is 0.416 e. The topological polar surface area (TPSA) is 29.3 Å². The molecule has 19 heavy (non-hydrogen) atoms. The number of hydrogen-bond acceptors (Lipinski definition) is 2. The van der Waals surface area contributed by atoms with Gasteiger partial charge in [0, 0.05) is 6.04 Å². The van der Waals surface area contributed by atoms with Crippen LogP contribution in [0.3, 0.4) is 0 Å². The number of halogens is 4. The predicted molar refractivity (Wildman–Crippen MR) is 64.0 cm³/mol. The summed E-state index contributed by atoms with van der Waals surface area (Å²) in [4.78, 5) is 1.80. The Kier molecular flexibility index (Phi) is 3.82. The summed E-state index contributed by atoms with van der Waals surface area (Å²) in [6, 6.07) is 1.91. The number of alkyl halides is 3. The van der Waals surface area contributed by atoms with Crippen molar-refractivity contribution in [2.75, 3.05) is 13.6 Å². The van der Waals surface area contributed by atoms with E-state index in [2.05, 4.69) is 0 Å². The Morgan fingerprint density at radius 2 is 2.00 bits per heavy atom. The van der Waals surface area contributed by atoms with Gasteiger partial charge in [-0.1, -0.05) is 6.07 Å². The quantitative estimate of drug-likeness (QED) is 0.799. The number of benzene rings is 1. The minimum Gasteiger partial charge on any atom is -0.326 e. The van der Waals surface area contributed by atoms with E-state index in [1.165, 1.54) is 6.07 Å². The summed E-state index contributed by atoms with van der Waals surface area (Å²) < 4.78 is 52.1. The average Bonchev–Trinajstić information content (AvgIpc) is 2.29. The molecule has 6 heteroatoms. The fourth-order valence-electron chi connectivity index (χ4n) is 2.70. The molecule has 2 unspecified atom stereocenters. The zero-order chi connectivity index (χ0) is 14.2. The predicted octanol–water partition coefficient (Wildman–Crippen LogP) is 2.94. The lowest BCUT2D eigenvalue weighted by molar-refractivity contribution is -0.139. The highest BCUT2D eigenvalue weighted by Crippen LogP contribution is 2.39. The highest BCUT2D eigenvalue weighted by atomic mass is 19.4. The third-order valence-corrected chi connectivity index (χ3v) is 3.57. The third-order valence-electron chi connectivity index (χ3n) is 3.57. The van der Waals surface area contributed by atoms with Crippen LogP contribution in [0.2, 0.25) is 0 Å². The molecule has 0 amide bonds. The van der Waals surface area contributed by atoms with E-state index in [-0.39, 0.29) is 11.6 Å². The number of piperidine rings is 1. The van der Waals surface area contributed by atoms with Gasteiger partial charge in [-0.2, -0.15) is 13.2 Å². The van der Waals surface area contributed by atoms with E-state index in [1.807, 2.05) is 0 Å². The van der Waals surface area contributed by atoms with Gasteiger partial charge >= 0.3 is 6.18 Å². The Morgan fingerprint density at radius 3 is 2.58 bits per heavy atom. The van der Waals surface area contributed by atoms with E-state index in [1.54, 1.807) is 11.9 Å². The molecule has 0 aromatic heterocycles. The summed E-state index contributed by atoms with van der Waals surface area (Å²) in [6.07, 6.45) is -3.05. The minimum atomic E-state index is -4.57. The molecule has 106 valence electrons. The van der Waals surface area contributed by atoms with E-state index in [0.717, 1.165) is 12.5 Å². The van der Waals surface area contributed by atoms with Gasteiger partial charge in [0.15, 0.2) is 0 Å². The van der Waals surface area contributed by atoms with Crippen LogP contribution in [0.25, 0.3) is 0 Å². The highest BCUT2D eigenvalue weighted by molar-refractivity contribution is 5.34. The molecule has 2 nitrogen and oxygen atoms in total. The van der Waals surface area contributed by atoms with Crippen molar-refractivity contribution in [1.29, 1.82) is 0 Å². The summed E-state index contributed by atoms with van der Waals surface area (Å²) in [5.41, 5.74) is 5.08. The summed E-state index contributed by atoms with van der Waals surface area (Å²) in [5.74, 6) is -0.886. The SMILES string of the molecule is CN1CCCC(N)C1c1ccc(F)cc1C(F)(F)F. The number of likely N-dealkylation sites (N-methyl/N-ethyl adjacent to an activating group) is 1. The molecule has 0 bridgehead atoms. The van der Waals surface area contributed by atoms with Crippen LogP contribution >= 0.6 is 0 Å². The molecule has 1 heterocycles. The second-order valence-corrected chi connectivity index (χ2v) is 4.96. The van der Waals surface area contributed by atoms with Crippen molar-refractivity contribution in [3.05, 3.63) is 35.1 Å². The lowest BCUT2D eigenvalue weighted by Crippen LogP contribution is -2.44. The van der Waals surface area contributed by atoms with Crippen LogP contribution in [-0.4, -0.2) is 24.5 Å². The second kappa shape index (κ2) is 5.09. The van der Waals surface area contributed by atoms with Crippen molar-refractivity contribution in [3.8, 4) is 0 Å². The van der Waals surface area contributed by atoms with Crippen LogP contribution in [0, 0.1) is 5.82 Å². The van der Waals surface area contributed by atoms with Gasteiger partial charge in [-0.25, -0.2) is 4.39 Å². The number of nitrogens with two attached hydrogens (primary N) is 1. The molecule has 1 fully saturated rings. The lowest BCUT2D eigenvalue weighted by Gasteiger charge is -2.38. The standard InChI is InChI=1S/C13H16F4N2/c1-19-6-2-3-11(18)12(19)9-5-4-8(14)7-10(9)13(15,16)17/h4-5,7,11-12H,2-3,6,18H2,1H3. The van der Waals surface area contributed by atoms with Gasteiger partial charge in [-0.3, -0.25) is 4.90 Å². The van der Waals surface area contributed by atoms with Crippen molar-refractivity contribution in [2.45, 2.75) is 31.1 Å². The largest absolute Gasteiger partial charge is 0.416 e. The summed E-state index contributed by atoms with van der Waals surface area (Å²) in [5, 5.41) is 0. The molecule has 0 aliphatic carbocycles. The van der Waals surface area contributed by atoms with Crippen LogP contribution in [0.5, 0.6) is 0 Å². The molecule has 0 radical (unpaired) electrons. The molecule has 1 aliphatic rings. The maximum absolute atomic E-state index is 13.1. The zero-order valence-corrected chi connectivity index (χ0v) is 10.5. The van der Waals surface area contributed by atoms with Crippen LogP contribution in [0.15, 0.2) is 18.2 Å². The van der Waals surface area contributed by atoms with Gasteiger partial charge in [0.25, 0.3) is 0 Å². The van der Waals surface area contributed by atoms with Crippen LogP contribution in [0.4, 0.5) is 17.6 Å². The van der Waals surface area contributed by atoms with Gasteiger partial charge in [0.2, 0.25) is 0 Å². The zero-order valence-electron chi connectivity index (χ0n) is 10.5. The summed E-state index contributed by atoms with van der Waals surface area (Å²) in [6.45, 7) is 0.688. The van der Waals surface area contributed by atoms with Gasteiger partial charge in [-0.05, 0) is 44.1 Å². The fourth-order valence-corrected chi connectivity index (χ4v) is 2.70. The van der Waals surface area contributed by atoms with E-state index < -0.39 is 23.6 Å². The van der Waals surface area contributed by atoms with Crippen molar-refractivity contribution in [1.82, 2.24) is 4.90 Å². The van der Waals surface area contributed by atoms with E-state index in [9.17, 15) is 17.6 Å². The molecular weight excluding hydrogens is 260 g/mol. The molecule has 1 saturated heterocycles. The molecular formula is C13H16F4N2. The lowest BCUT2D eigenvalue weighted by atomic mass is 9.88. The number of nitrogens with zero attached hydrogens (tertiary/aromatic N) is 1. The molecule has 1 aliphatic heterocycles. The maximum atomic E-state index is 13.1. The first-order chi connectivity index (χ1) is 8.80. The average molecular weight is 276 g/mol. The van der Waals surface area contributed by atoms with Crippen LogP contribution in [-0.2, 0) is 6.18 Å². The van der Waals surface area contributed by atoms with E-state index in [4.69, 9.17) is 5.73 Å². The second-order valence-electron chi connectivity index (χ2n) is 4.96. The Labute approximate surface area is 109 Å². The minimum absolute atomic E-state index is 0.0589. The summed E-state index contributed by atoms with van der Waals surface area (Å²) in [7, 11) is 1.74. The first kappa shape index (κ1) is 14.3. The van der Waals surface area contributed by atoms with Gasteiger partial charge in [0.1, 0.15) is 5.82 Å². The molecule has 1 aromatic rings. The molecule has 0 saturated carbocycles. The molecule has 2 rings (SSSR count). The molecule has 1 aromatic carbocycles. The van der Waals surface area contributed by atoms with Crippen molar-refractivity contribution < 1.29 is 17.6 Å². The van der Waals surface area contributed by atoms with Crippen molar-refractivity contribution >= 4 is 0 Å². The monoisotopic (exact) mass is 276 g/mol. The first-order valence-corrected chi connectivity index (χ1v) is 6.13. The van der Waals surface area contributed by atoms with Crippen LogP contribution in [0.1, 0.15) is 30.0 Å². The first-order valence-electron chi connectivity index (χ1n) is 6.13. The van der Waals surface area contributed by atoms with E-state index in [0.29, 0.717) is 19.0 Å². The third kappa shape index (κ3) is 2.90. The molecule has 2 atom stereocenters. The van der Waals surface area contributed by atoms with Crippen molar-refractivity contribution in [3.63, 3.8) is 0 Å². The fraction of sp³-hybridized carbons (Fsp3) is 0.538. The Balaban J connectivity index is 2.49. The molecule has 2 N–H and O–H groups in total. The number of hydrogen-bond donors (Lipinski definition) is 1. The highest BCUT2D eigenvalue weighted by Gasteiger charge is 2.39. The number of rotatable bonds is 1.